The summed E-state index contributed by atoms with van der Waals surface area (Å²) in [6.07, 6.45) is 7.96. The summed E-state index contributed by atoms with van der Waals surface area (Å²) in [5, 5.41) is 8.72. The number of nitrogens with two attached hydrogens (primary N) is 1. The summed E-state index contributed by atoms with van der Waals surface area (Å²) in [5.74, 6) is 1.23. The van der Waals surface area contributed by atoms with Crippen molar-refractivity contribution in [2.75, 3.05) is 25.4 Å². The zero-order valence-corrected chi connectivity index (χ0v) is 17.5. The first-order valence-electron chi connectivity index (χ1n) is 10.6. The number of hydrogen-bond acceptors (Lipinski definition) is 7. The predicted octanol–water partition coefficient (Wildman–Crippen LogP) is 3.90. The molecular formula is C23H25N7O. The van der Waals surface area contributed by atoms with Gasteiger partial charge in [0.15, 0.2) is 0 Å². The van der Waals surface area contributed by atoms with Gasteiger partial charge in [-0.05, 0) is 25.5 Å². The molecule has 5 rings (SSSR count). The highest BCUT2D eigenvalue weighted by atomic mass is 16.5. The second kappa shape index (κ2) is 8.31. The van der Waals surface area contributed by atoms with Crippen LogP contribution in [0.15, 0.2) is 59.5 Å². The fraction of sp³-hybridized carbons (Fsp3) is 0.304. The topological polar surface area (TPSA) is 98.9 Å². The number of anilines is 1. The number of nitrogens with zero attached hydrogens (tertiary/aromatic N) is 6. The van der Waals surface area contributed by atoms with Gasteiger partial charge in [-0.25, -0.2) is 4.98 Å². The third-order valence-electron chi connectivity index (χ3n) is 5.92. The van der Waals surface area contributed by atoms with Gasteiger partial charge in [0.25, 0.3) is 5.89 Å². The van der Waals surface area contributed by atoms with E-state index >= 15 is 0 Å². The van der Waals surface area contributed by atoms with Gasteiger partial charge >= 0.3 is 0 Å². The summed E-state index contributed by atoms with van der Waals surface area (Å²) < 4.78 is 7.57. The van der Waals surface area contributed by atoms with E-state index in [0.717, 1.165) is 49.2 Å². The van der Waals surface area contributed by atoms with Crippen molar-refractivity contribution in [2.24, 2.45) is 0 Å². The van der Waals surface area contributed by atoms with Crippen molar-refractivity contribution >= 4 is 5.82 Å². The number of nitrogen functional groups attached to an aromatic ring is 1. The monoisotopic (exact) mass is 415 g/mol. The van der Waals surface area contributed by atoms with Crippen molar-refractivity contribution in [3.05, 3.63) is 55.0 Å². The van der Waals surface area contributed by atoms with Crippen molar-refractivity contribution in [3.8, 4) is 34.0 Å². The van der Waals surface area contributed by atoms with Crippen molar-refractivity contribution in [1.82, 2.24) is 29.8 Å². The zero-order chi connectivity index (χ0) is 21.2. The molecule has 2 N–H and O–H groups in total. The van der Waals surface area contributed by atoms with Crippen molar-refractivity contribution in [3.63, 3.8) is 0 Å². The molecule has 0 bridgehead atoms. The van der Waals surface area contributed by atoms with Gasteiger partial charge < -0.3 is 15.2 Å². The summed E-state index contributed by atoms with van der Waals surface area (Å²) in [7, 11) is 0. The molecule has 0 amide bonds. The zero-order valence-electron chi connectivity index (χ0n) is 17.5. The van der Waals surface area contributed by atoms with Crippen LogP contribution in [0.2, 0.25) is 0 Å². The van der Waals surface area contributed by atoms with Gasteiger partial charge in [0.05, 0.1) is 17.8 Å². The smallest absolute Gasteiger partial charge is 0.262 e. The Balaban J connectivity index is 1.40. The second-order valence-electron chi connectivity index (χ2n) is 7.82. The lowest BCUT2D eigenvalue weighted by atomic mass is 10.1. The average Bonchev–Trinajstić information content (AvgIpc) is 3.51. The summed E-state index contributed by atoms with van der Waals surface area (Å²) in [6, 6.07) is 12.1. The molecule has 3 aromatic heterocycles. The molecule has 1 aliphatic heterocycles. The van der Waals surface area contributed by atoms with E-state index in [1.807, 2.05) is 42.6 Å². The normalized spacial score (nSPS) is 15.4. The molecule has 0 atom stereocenters. The Morgan fingerprint density at radius 3 is 2.65 bits per heavy atom. The van der Waals surface area contributed by atoms with E-state index in [0.29, 0.717) is 29.1 Å². The highest BCUT2D eigenvalue weighted by molar-refractivity contribution is 5.75. The van der Waals surface area contributed by atoms with Gasteiger partial charge in [-0.1, -0.05) is 42.4 Å². The van der Waals surface area contributed by atoms with Crippen LogP contribution in [0, 0.1) is 0 Å². The maximum atomic E-state index is 6.13. The largest absolute Gasteiger partial charge is 0.383 e. The lowest BCUT2D eigenvalue weighted by Gasteiger charge is -2.31. The minimum Gasteiger partial charge on any atom is -0.383 e. The standard InChI is InChI=1S/C23H25N7O/c1-2-29-10-8-19(9-11-29)30-15-18(14-26-30)17-12-20(21(24)25-13-17)23-27-22(28-31-23)16-6-4-3-5-7-16/h3-7,12-15,19H,2,8-11H2,1H3,(H2,24,25). The number of aromatic nitrogens is 5. The molecule has 0 radical (unpaired) electrons. The molecule has 0 unspecified atom stereocenters. The lowest BCUT2D eigenvalue weighted by Crippen LogP contribution is -2.34. The van der Waals surface area contributed by atoms with E-state index in [1.165, 1.54) is 0 Å². The van der Waals surface area contributed by atoms with E-state index in [2.05, 4.69) is 42.9 Å². The van der Waals surface area contributed by atoms with Crippen LogP contribution in [0.4, 0.5) is 5.82 Å². The first kappa shape index (κ1) is 19.4. The molecule has 1 fully saturated rings. The van der Waals surface area contributed by atoms with Crippen LogP contribution in [0.1, 0.15) is 25.8 Å². The Labute approximate surface area is 180 Å². The molecule has 158 valence electrons. The molecule has 0 spiro atoms. The molecule has 1 aliphatic rings. The van der Waals surface area contributed by atoms with Crippen LogP contribution in [0.5, 0.6) is 0 Å². The maximum absolute atomic E-state index is 6.13. The Morgan fingerprint density at radius 2 is 1.87 bits per heavy atom. The first-order chi connectivity index (χ1) is 15.2. The molecule has 4 heterocycles. The third-order valence-corrected chi connectivity index (χ3v) is 5.92. The van der Waals surface area contributed by atoms with Crippen molar-refractivity contribution in [2.45, 2.75) is 25.8 Å². The highest BCUT2D eigenvalue weighted by Crippen LogP contribution is 2.31. The van der Waals surface area contributed by atoms with Gasteiger partial charge in [-0.3, -0.25) is 4.68 Å². The van der Waals surface area contributed by atoms with Crippen LogP contribution in [0.25, 0.3) is 34.0 Å². The minimum absolute atomic E-state index is 0.352. The van der Waals surface area contributed by atoms with Crippen LogP contribution >= 0.6 is 0 Å². The summed E-state index contributed by atoms with van der Waals surface area (Å²) >= 11 is 0. The maximum Gasteiger partial charge on any atom is 0.262 e. The van der Waals surface area contributed by atoms with Gasteiger partial charge in [-0.2, -0.15) is 10.1 Å². The van der Waals surface area contributed by atoms with E-state index in [9.17, 15) is 0 Å². The Morgan fingerprint density at radius 1 is 1.06 bits per heavy atom. The Kier molecular flexibility index (Phi) is 5.21. The predicted molar refractivity (Wildman–Crippen MR) is 119 cm³/mol. The molecule has 4 aromatic rings. The number of hydrogen-bond donors (Lipinski definition) is 1. The van der Waals surface area contributed by atoms with Gasteiger partial charge in [0.1, 0.15) is 5.82 Å². The van der Waals surface area contributed by atoms with Crippen LogP contribution in [-0.4, -0.2) is 49.4 Å². The average molecular weight is 416 g/mol. The molecule has 8 nitrogen and oxygen atoms in total. The summed E-state index contributed by atoms with van der Waals surface area (Å²) in [6.45, 7) is 5.55. The van der Waals surface area contributed by atoms with Crippen LogP contribution in [-0.2, 0) is 0 Å². The molecular weight excluding hydrogens is 390 g/mol. The SMILES string of the molecule is CCN1CCC(n2cc(-c3cnc(N)c(-c4nc(-c5ccccc5)no4)c3)cn2)CC1. The highest BCUT2D eigenvalue weighted by Gasteiger charge is 2.21. The number of piperidine rings is 1. The Hall–Kier alpha value is -3.52. The van der Waals surface area contributed by atoms with Crippen molar-refractivity contribution in [1.29, 1.82) is 0 Å². The molecule has 31 heavy (non-hydrogen) atoms. The second-order valence-corrected chi connectivity index (χ2v) is 7.82. The summed E-state index contributed by atoms with van der Waals surface area (Å²) in [5.41, 5.74) is 9.55. The summed E-state index contributed by atoms with van der Waals surface area (Å²) in [4.78, 5) is 11.4. The van der Waals surface area contributed by atoms with Crippen LogP contribution < -0.4 is 5.73 Å². The van der Waals surface area contributed by atoms with Gasteiger partial charge in [0.2, 0.25) is 5.82 Å². The van der Waals surface area contributed by atoms with Crippen molar-refractivity contribution < 1.29 is 4.52 Å². The lowest BCUT2D eigenvalue weighted by molar-refractivity contribution is 0.187. The fourth-order valence-corrected chi connectivity index (χ4v) is 4.03. The van der Waals surface area contributed by atoms with E-state index in [1.54, 1.807) is 6.20 Å². The van der Waals surface area contributed by atoms with Gasteiger partial charge in [-0.15, -0.1) is 0 Å². The molecule has 8 heteroatoms. The molecule has 1 aromatic carbocycles. The van der Waals surface area contributed by atoms with E-state index in [-0.39, 0.29) is 0 Å². The number of pyridine rings is 1. The molecule has 0 aliphatic carbocycles. The van der Waals surface area contributed by atoms with Gasteiger partial charge in [0, 0.05) is 42.2 Å². The quantitative estimate of drug-likeness (QED) is 0.528. The number of rotatable bonds is 5. The number of benzene rings is 1. The molecule has 0 saturated carbocycles. The van der Waals surface area contributed by atoms with Crippen LogP contribution in [0.3, 0.4) is 0 Å². The van der Waals surface area contributed by atoms with E-state index in [4.69, 9.17) is 10.3 Å². The van der Waals surface area contributed by atoms with E-state index < -0.39 is 0 Å². The number of likely N-dealkylation sites (tertiary alicyclic amines) is 1. The Bertz CT molecular complexity index is 1160. The molecule has 1 saturated heterocycles. The third kappa shape index (κ3) is 3.94. The fourth-order valence-electron chi connectivity index (χ4n) is 4.03. The minimum atomic E-state index is 0.352. The first-order valence-corrected chi connectivity index (χ1v) is 10.6.